The van der Waals surface area contributed by atoms with Gasteiger partial charge in [0.2, 0.25) is 11.9 Å². The van der Waals surface area contributed by atoms with Gasteiger partial charge < -0.3 is 15.9 Å². The van der Waals surface area contributed by atoms with Crippen LogP contribution in [0.5, 0.6) is 0 Å². The number of anilines is 1. The first-order chi connectivity index (χ1) is 18.6. The maximum absolute atomic E-state index is 13.4. The molecule has 1 unspecified atom stereocenters. The van der Waals surface area contributed by atoms with Gasteiger partial charge >= 0.3 is 11.9 Å². The number of carbonyl (C=O) groups is 3. The molecular formula is C22H17N5O11S2. The molecule has 6 N–H and O–H groups in total. The molecule has 0 aliphatic heterocycles. The average Bonchev–Trinajstić information content (AvgIpc) is 2.87. The summed E-state index contributed by atoms with van der Waals surface area (Å²) in [6, 6.07) is 11.5. The molecule has 0 radical (unpaired) electrons. The Morgan fingerprint density at radius 3 is 1.93 bits per heavy atom. The van der Waals surface area contributed by atoms with E-state index in [4.69, 9.17) is 5.73 Å². The number of carbonyl (C=O) groups excluding carboxylic acids is 1. The number of Topliss-reactive ketones (excluding diaryl/α,β-unsaturated/α-hetero) is 1. The van der Waals surface area contributed by atoms with Crippen LogP contribution in [0.4, 0.5) is 17.1 Å². The van der Waals surface area contributed by atoms with Crippen LogP contribution in [0, 0.1) is 0 Å². The lowest BCUT2D eigenvalue weighted by Crippen LogP contribution is -2.21. The van der Waals surface area contributed by atoms with E-state index < -0.39 is 82.0 Å². The van der Waals surface area contributed by atoms with Crippen LogP contribution in [0.1, 0.15) is 31.1 Å². The van der Waals surface area contributed by atoms with Crippen molar-refractivity contribution < 1.29 is 50.5 Å². The van der Waals surface area contributed by atoms with E-state index in [1.165, 1.54) is 12.1 Å². The molecule has 3 aromatic rings. The van der Waals surface area contributed by atoms with Gasteiger partial charge in [-0.15, -0.1) is 0 Å². The first-order valence-corrected chi connectivity index (χ1v) is 13.4. The molecule has 208 valence electrons. The number of nitrogen functional groups attached to an aromatic ring is 1. The van der Waals surface area contributed by atoms with Crippen LogP contribution >= 0.6 is 0 Å². The fourth-order valence-electron chi connectivity index (χ4n) is 3.20. The molecule has 0 fully saturated rings. The molecule has 0 spiro atoms. The Bertz CT molecular complexity index is 1790. The van der Waals surface area contributed by atoms with Gasteiger partial charge in [0.15, 0.2) is 0 Å². The van der Waals surface area contributed by atoms with Gasteiger partial charge in [-0.2, -0.15) is 37.3 Å². The average molecular weight is 592 g/mol. The maximum atomic E-state index is 13.4. The summed E-state index contributed by atoms with van der Waals surface area (Å²) in [6.07, 6.45) is -1.99. The summed E-state index contributed by atoms with van der Waals surface area (Å²) in [7, 11) is -9.75. The van der Waals surface area contributed by atoms with Gasteiger partial charge in [0.25, 0.3) is 20.2 Å². The minimum Gasteiger partial charge on any atom is -0.478 e. The van der Waals surface area contributed by atoms with Gasteiger partial charge in [-0.1, -0.05) is 18.2 Å². The van der Waals surface area contributed by atoms with Crippen LogP contribution in [0.3, 0.4) is 0 Å². The first-order valence-electron chi connectivity index (χ1n) is 10.5. The Balaban J connectivity index is 2.17. The number of nitrogens with two attached hydrogens (primary N) is 1. The summed E-state index contributed by atoms with van der Waals surface area (Å²) >= 11 is 0. The van der Waals surface area contributed by atoms with Crippen molar-refractivity contribution in [2.75, 3.05) is 5.73 Å². The number of rotatable bonds is 10. The number of hydrogen-bond donors (Lipinski definition) is 5. The van der Waals surface area contributed by atoms with Crippen LogP contribution in [0.25, 0.3) is 0 Å². The predicted molar refractivity (Wildman–Crippen MR) is 134 cm³/mol. The zero-order valence-electron chi connectivity index (χ0n) is 19.7. The van der Waals surface area contributed by atoms with Crippen LogP contribution in [-0.4, -0.2) is 60.0 Å². The molecule has 18 heteroatoms. The minimum absolute atomic E-state index is 0.221. The fourth-order valence-corrected chi connectivity index (χ4v) is 4.32. The fraction of sp³-hybridized carbons (Fsp3) is 0.0455. The van der Waals surface area contributed by atoms with Crippen LogP contribution in [0.2, 0.25) is 0 Å². The molecule has 0 amide bonds. The van der Waals surface area contributed by atoms with E-state index in [9.17, 15) is 50.5 Å². The molecule has 3 aromatic carbocycles. The van der Waals surface area contributed by atoms with E-state index >= 15 is 0 Å². The van der Waals surface area contributed by atoms with Crippen molar-refractivity contribution in [1.29, 1.82) is 0 Å². The molecule has 0 bridgehead atoms. The Labute approximate surface area is 225 Å². The largest absolute Gasteiger partial charge is 0.478 e. The zero-order chi connectivity index (χ0) is 29.8. The summed E-state index contributed by atoms with van der Waals surface area (Å²) in [5.74, 6) is -4.73. The summed E-state index contributed by atoms with van der Waals surface area (Å²) in [6.45, 7) is 0. The van der Waals surface area contributed by atoms with Crippen LogP contribution in [0.15, 0.2) is 90.9 Å². The number of hydrogen-bond acceptors (Lipinski definition) is 12. The van der Waals surface area contributed by atoms with Crippen LogP contribution in [-0.2, 0) is 20.2 Å². The highest BCUT2D eigenvalue weighted by atomic mass is 32.2. The lowest BCUT2D eigenvalue weighted by molar-refractivity contribution is 0.0684. The highest BCUT2D eigenvalue weighted by Crippen LogP contribution is 2.29. The van der Waals surface area contributed by atoms with Gasteiger partial charge in [-0.05, 0) is 42.5 Å². The number of azo groups is 2. The van der Waals surface area contributed by atoms with Crippen molar-refractivity contribution in [2.45, 2.75) is 16.0 Å². The Morgan fingerprint density at radius 2 is 1.38 bits per heavy atom. The van der Waals surface area contributed by atoms with Crippen molar-refractivity contribution in [3.8, 4) is 0 Å². The molecule has 40 heavy (non-hydrogen) atoms. The molecule has 16 nitrogen and oxygen atoms in total. The molecule has 0 aliphatic rings. The number of carboxylic acids is 2. The zero-order valence-corrected chi connectivity index (χ0v) is 21.3. The van der Waals surface area contributed by atoms with Gasteiger partial charge in [0.05, 0.1) is 33.1 Å². The molecule has 0 heterocycles. The van der Waals surface area contributed by atoms with Crippen molar-refractivity contribution in [3.05, 3.63) is 77.4 Å². The van der Waals surface area contributed by atoms with E-state index in [0.717, 1.165) is 18.2 Å². The van der Waals surface area contributed by atoms with Gasteiger partial charge in [0, 0.05) is 5.56 Å². The highest BCUT2D eigenvalue weighted by Gasteiger charge is 2.30. The molecule has 0 saturated heterocycles. The number of nitrogens with zero attached hydrogens (tertiary/aromatic N) is 4. The SMILES string of the molecule is Nc1c(S(=O)(=O)O)ccc(C(=O)C(N=Nc2ccccc2)N=Nc2ccc(S(=O)(=O)O)cc2C(=O)O)c1C(=O)O. The van der Waals surface area contributed by atoms with Gasteiger partial charge in [-0.3, -0.25) is 13.9 Å². The maximum Gasteiger partial charge on any atom is 0.338 e. The molecule has 3 rings (SSSR count). The second-order valence-corrected chi connectivity index (χ2v) is 10.5. The van der Waals surface area contributed by atoms with Gasteiger partial charge in [-0.25, -0.2) is 9.59 Å². The lowest BCUT2D eigenvalue weighted by Gasteiger charge is -2.12. The van der Waals surface area contributed by atoms with E-state index in [1.54, 1.807) is 18.2 Å². The van der Waals surface area contributed by atoms with Crippen molar-refractivity contribution in [2.24, 2.45) is 20.5 Å². The number of aromatic carboxylic acids is 2. The predicted octanol–water partition coefficient (Wildman–Crippen LogP) is 3.24. The topological polar surface area (TPSA) is 276 Å². The third-order valence-corrected chi connectivity index (χ3v) is 6.77. The Kier molecular flexibility index (Phi) is 8.49. The van der Waals surface area contributed by atoms with E-state index in [0.29, 0.717) is 12.1 Å². The second-order valence-electron chi connectivity index (χ2n) is 7.64. The standard InChI is InChI=1S/C22H17N5O11S2/c23-18-16(40(36,37)38)9-7-13(17(18)22(31)32)19(28)20(26-24-11-4-2-1-3-5-11)27-25-15-8-6-12(39(33,34)35)10-14(15)21(29)30/h1-10,20H,23H2,(H,29,30)(H,31,32)(H,33,34,35)(H,36,37,38). The molecular weight excluding hydrogens is 574 g/mol. The third-order valence-electron chi connectivity index (χ3n) is 5.01. The Morgan fingerprint density at radius 1 is 0.750 bits per heavy atom. The number of ketones is 1. The smallest absolute Gasteiger partial charge is 0.338 e. The summed E-state index contributed by atoms with van der Waals surface area (Å²) in [5, 5.41) is 33.9. The number of benzene rings is 3. The van der Waals surface area contributed by atoms with Crippen molar-refractivity contribution in [3.63, 3.8) is 0 Å². The Hall–Kier alpha value is -4.91. The van der Waals surface area contributed by atoms with E-state index in [2.05, 4.69) is 20.5 Å². The summed E-state index contributed by atoms with van der Waals surface area (Å²) in [4.78, 5) is 35.2. The minimum atomic E-state index is -4.97. The second kappa shape index (κ2) is 11.5. The van der Waals surface area contributed by atoms with E-state index in [-0.39, 0.29) is 5.69 Å². The number of carboxylic acid groups (broad SMARTS) is 2. The van der Waals surface area contributed by atoms with Crippen LogP contribution < -0.4 is 5.73 Å². The summed E-state index contributed by atoms with van der Waals surface area (Å²) in [5.41, 5.74) is 1.98. The highest BCUT2D eigenvalue weighted by molar-refractivity contribution is 7.86. The van der Waals surface area contributed by atoms with Gasteiger partial charge in [0.1, 0.15) is 4.90 Å². The monoisotopic (exact) mass is 591 g/mol. The van der Waals surface area contributed by atoms with Crippen molar-refractivity contribution in [1.82, 2.24) is 0 Å². The molecule has 0 aliphatic carbocycles. The first kappa shape index (κ1) is 29.6. The lowest BCUT2D eigenvalue weighted by atomic mass is 10.0. The van der Waals surface area contributed by atoms with E-state index in [1.807, 2.05) is 0 Å². The summed E-state index contributed by atoms with van der Waals surface area (Å²) < 4.78 is 64.4. The normalized spacial score (nSPS) is 12.9. The molecule has 0 saturated carbocycles. The quantitative estimate of drug-likeness (QED) is 0.0983. The molecule has 0 aromatic heterocycles. The van der Waals surface area contributed by atoms with Crippen molar-refractivity contribution >= 4 is 55.0 Å². The molecule has 1 atom stereocenters. The third kappa shape index (κ3) is 6.74.